The fraction of sp³-hybridized carbons (Fsp3) is 0.667. The van der Waals surface area contributed by atoms with Crippen molar-refractivity contribution in [2.45, 2.75) is 19.0 Å². The summed E-state index contributed by atoms with van der Waals surface area (Å²) in [4.78, 5) is 11.2. The standard InChI is InChI=1S/C9H9F3O2/c10-9(11,12)8-4-2-1-3-6(8)5-14-7(8)13/h1,3,6H,2,4-5H2. The maximum absolute atomic E-state index is 12.8. The van der Waals surface area contributed by atoms with Gasteiger partial charge in [-0.25, -0.2) is 0 Å². The predicted octanol–water partition coefficient (Wildman–Crippen LogP) is 2.06. The molecule has 2 unspecified atom stereocenters. The normalized spacial score (nSPS) is 36.8. The van der Waals surface area contributed by atoms with Gasteiger partial charge in [-0.2, -0.15) is 13.2 Å². The lowest BCUT2D eigenvalue weighted by atomic mass is 9.70. The number of carbonyl (C=O) groups is 1. The number of carbonyl (C=O) groups excluding carboxylic acids is 1. The Morgan fingerprint density at radius 1 is 1.50 bits per heavy atom. The molecule has 1 aliphatic heterocycles. The van der Waals surface area contributed by atoms with E-state index in [0.717, 1.165) is 0 Å². The van der Waals surface area contributed by atoms with Crippen LogP contribution < -0.4 is 0 Å². The second-order valence-electron chi connectivity index (χ2n) is 3.64. The van der Waals surface area contributed by atoms with Gasteiger partial charge in [-0.3, -0.25) is 4.79 Å². The highest BCUT2D eigenvalue weighted by Crippen LogP contribution is 2.54. The average molecular weight is 206 g/mol. The second kappa shape index (κ2) is 2.74. The topological polar surface area (TPSA) is 26.3 Å². The van der Waals surface area contributed by atoms with Crippen molar-refractivity contribution in [3.8, 4) is 0 Å². The largest absolute Gasteiger partial charge is 0.464 e. The fourth-order valence-corrected chi connectivity index (χ4v) is 2.13. The third-order valence-corrected chi connectivity index (χ3v) is 2.97. The number of cyclic esters (lactones) is 1. The van der Waals surface area contributed by atoms with Crippen LogP contribution in [0.2, 0.25) is 0 Å². The van der Waals surface area contributed by atoms with Crippen LogP contribution in [0, 0.1) is 11.3 Å². The highest BCUT2D eigenvalue weighted by atomic mass is 19.4. The first kappa shape index (κ1) is 9.55. The fourth-order valence-electron chi connectivity index (χ4n) is 2.13. The zero-order valence-corrected chi connectivity index (χ0v) is 7.30. The van der Waals surface area contributed by atoms with Gasteiger partial charge in [-0.05, 0) is 12.8 Å². The van der Waals surface area contributed by atoms with Crippen LogP contribution in [0.1, 0.15) is 12.8 Å². The molecule has 5 heteroatoms. The monoisotopic (exact) mass is 206 g/mol. The molecule has 0 N–H and O–H groups in total. The molecule has 0 aromatic rings. The van der Waals surface area contributed by atoms with Gasteiger partial charge in [-0.15, -0.1) is 0 Å². The number of halogens is 3. The molecular formula is C9H9F3O2. The summed E-state index contributed by atoms with van der Waals surface area (Å²) in [6.45, 7) is -0.144. The average Bonchev–Trinajstić information content (AvgIpc) is 2.45. The quantitative estimate of drug-likeness (QED) is 0.448. The highest BCUT2D eigenvalue weighted by Gasteiger charge is 2.68. The van der Waals surface area contributed by atoms with E-state index in [4.69, 9.17) is 0 Å². The second-order valence-corrected chi connectivity index (χ2v) is 3.64. The molecule has 1 saturated heterocycles. The molecule has 0 bridgehead atoms. The van der Waals surface area contributed by atoms with Crippen LogP contribution in [0.4, 0.5) is 13.2 Å². The molecule has 0 amide bonds. The molecule has 1 aliphatic carbocycles. The van der Waals surface area contributed by atoms with Gasteiger partial charge in [0.2, 0.25) is 0 Å². The lowest BCUT2D eigenvalue weighted by molar-refractivity contribution is -0.231. The van der Waals surface area contributed by atoms with Crippen LogP contribution in [-0.2, 0) is 9.53 Å². The minimum Gasteiger partial charge on any atom is -0.464 e. The SMILES string of the molecule is O=C1OCC2C=CCCC12C(F)(F)F. The zero-order chi connectivity index (χ0) is 10.4. The summed E-state index contributed by atoms with van der Waals surface area (Å²) in [5.74, 6) is -1.94. The number of fused-ring (bicyclic) bond motifs is 1. The van der Waals surface area contributed by atoms with E-state index in [2.05, 4.69) is 4.74 Å². The Balaban J connectivity index is 2.46. The van der Waals surface area contributed by atoms with E-state index in [1.54, 1.807) is 6.08 Å². The number of ether oxygens (including phenoxy) is 1. The molecule has 2 nitrogen and oxygen atoms in total. The molecule has 0 radical (unpaired) electrons. The van der Waals surface area contributed by atoms with E-state index in [-0.39, 0.29) is 19.4 Å². The summed E-state index contributed by atoms with van der Waals surface area (Å²) in [5, 5.41) is 0. The Labute approximate surface area is 78.7 Å². The number of allylic oxidation sites excluding steroid dienone is 1. The van der Waals surface area contributed by atoms with Crippen LogP contribution in [0.5, 0.6) is 0 Å². The molecule has 0 aromatic carbocycles. The number of hydrogen-bond acceptors (Lipinski definition) is 2. The summed E-state index contributed by atoms with van der Waals surface area (Å²) in [6.07, 6.45) is -1.28. The predicted molar refractivity (Wildman–Crippen MR) is 41.3 cm³/mol. The Morgan fingerprint density at radius 2 is 2.21 bits per heavy atom. The third kappa shape index (κ3) is 1.01. The number of hydrogen-bond donors (Lipinski definition) is 0. The number of alkyl halides is 3. The van der Waals surface area contributed by atoms with Crippen molar-refractivity contribution in [2.24, 2.45) is 11.3 Å². The molecule has 2 aliphatic rings. The lowest BCUT2D eigenvalue weighted by Gasteiger charge is -2.33. The number of esters is 1. The Hall–Kier alpha value is -1.00. The molecule has 0 spiro atoms. The molecule has 0 saturated carbocycles. The van der Waals surface area contributed by atoms with Gasteiger partial charge in [0, 0.05) is 5.92 Å². The van der Waals surface area contributed by atoms with Crippen LogP contribution in [0.3, 0.4) is 0 Å². The van der Waals surface area contributed by atoms with Gasteiger partial charge < -0.3 is 4.74 Å². The molecule has 2 rings (SSSR count). The number of rotatable bonds is 0. The van der Waals surface area contributed by atoms with Crippen molar-refractivity contribution < 1.29 is 22.7 Å². The first-order valence-electron chi connectivity index (χ1n) is 4.39. The van der Waals surface area contributed by atoms with Gasteiger partial charge >= 0.3 is 12.1 Å². The molecular weight excluding hydrogens is 197 g/mol. The van der Waals surface area contributed by atoms with E-state index < -0.39 is 23.5 Å². The van der Waals surface area contributed by atoms with Gasteiger partial charge in [0.15, 0.2) is 5.41 Å². The first-order valence-corrected chi connectivity index (χ1v) is 4.39. The summed E-state index contributed by atoms with van der Waals surface area (Å²) < 4.78 is 42.9. The zero-order valence-electron chi connectivity index (χ0n) is 7.30. The van der Waals surface area contributed by atoms with Crippen LogP contribution in [0.15, 0.2) is 12.2 Å². The van der Waals surface area contributed by atoms with Crippen LogP contribution in [0.25, 0.3) is 0 Å². The first-order chi connectivity index (χ1) is 6.48. The van der Waals surface area contributed by atoms with Crippen molar-refractivity contribution in [1.29, 1.82) is 0 Å². The maximum Gasteiger partial charge on any atom is 0.405 e. The van der Waals surface area contributed by atoms with E-state index in [1.807, 2.05) is 0 Å². The molecule has 2 atom stereocenters. The summed E-state index contributed by atoms with van der Waals surface area (Å²) in [6, 6.07) is 0. The van der Waals surface area contributed by atoms with Crippen molar-refractivity contribution >= 4 is 5.97 Å². The van der Waals surface area contributed by atoms with Crippen molar-refractivity contribution in [3.63, 3.8) is 0 Å². The Bertz CT molecular complexity index is 295. The van der Waals surface area contributed by atoms with Gasteiger partial charge in [0.05, 0.1) is 6.61 Å². The van der Waals surface area contributed by atoms with E-state index >= 15 is 0 Å². The van der Waals surface area contributed by atoms with Gasteiger partial charge in [0.1, 0.15) is 0 Å². The smallest absolute Gasteiger partial charge is 0.405 e. The summed E-state index contributed by atoms with van der Waals surface area (Å²) in [7, 11) is 0. The summed E-state index contributed by atoms with van der Waals surface area (Å²) >= 11 is 0. The van der Waals surface area contributed by atoms with Crippen molar-refractivity contribution in [3.05, 3.63) is 12.2 Å². The van der Waals surface area contributed by atoms with Crippen LogP contribution >= 0.6 is 0 Å². The van der Waals surface area contributed by atoms with Crippen molar-refractivity contribution in [1.82, 2.24) is 0 Å². The van der Waals surface area contributed by atoms with Gasteiger partial charge in [-0.1, -0.05) is 12.2 Å². The minimum absolute atomic E-state index is 0.144. The minimum atomic E-state index is -4.50. The molecule has 0 aromatic heterocycles. The molecule has 14 heavy (non-hydrogen) atoms. The summed E-state index contributed by atoms with van der Waals surface area (Å²) in [5.41, 5.74) is -2.26. The third-order valence-electron chi connectivity index (χ3n) is 2.97. The Morgan fingerprint density at radius 3 is 2.79 bits per heavy atom. The lowest BCUT2D eigenvalue weighted by Crippen LogP contribution is -2.47. The molecule has 1 heterocycles. The molecule has 1 fully saturated rings. The maximum atomic E-state index is 12.8. The molecule has 78 valence electrons. The van der Waals surface area contributed by atoms with Crippen molar-refractivity contribution in [2.75, 3.05) is 6.61 Å². The van der Waals surface area contributed by atoms with Gasteiger partial charge in [0.25, 0.3) is 0 Å². The Kier molecular flexibility index (Phi) is 1.87. The van der Waals surface area contributed by atoms with E-state index in [1.165, 1.54) is 6.08 Å². The van der Waals surface area contributed by atoms with Crippen LogP contribution in [-0.4, -0.2) is 18.8 Å². The van der Waals surface area contributed by atoms with E-state index in [9.17, 15) is 18.0 Å². The van der Waals surface area contributed by atoms with E-state index in [0.29, 0.717) is 0 Å². The highest BCUT2D eigenvalue weighted by molar-refractivity contribution is 5.81.